The monoisotopic (exact) mass is 340 g/mol. The quantitative estimate of drug-likeness (QED) is 0.772. The number of aromatic nitrogens is 1. The van der Waals surface area contributed by atoms with E-state index in [4.69, 9.17) is 4.74 Å². The highest BCUT2D eigenvalue weighted by molar-refractivity contribution is 9.10. The van der Waals surface area contributed by atoms with E-state index < -0.39 is 6.04 Å². The summed E-state index contributed by atoms with van der Waals surface area (Å²) < 4.78 is 5.82. The van der Waals surface area contributed by atoms with E-state index in [-0.39, 0.29) is 17.9 Å². The minimum Gasteiger partial charge on any atom is -0.464 e. The number of esters is 1. The van der Waals surface area contributed by atoms with E-state index >= 15 is 0 Å². The summed E-state index contributed by atoms with van der Waals surface area (Å²) in [5, 5.41) is 0. The van der Waals surface area contributed by atoms with Crippen LogP contribution in [0.1, 0.15) is 37.2 Å². The second kappa shape index (κ2) is 6.35. The molecule has 108 valence electrons. The third-order valence-corrected chi connectivity index (χ3v) is 3.64. The van der Waals surface area contributed by atoms with Gasteiger partial charge in [0, 0.05) is 16.7 Å². The molecule has 2 rings (SSSR count). The number of carbonyl (C=O) groups excluding carboxylic acids is 2. The molecule has 0 aliphatic heterocycles. The maximum Gasteiger partial charge on any atom is 0.328 e. The summed E-state index contributed by atoms with van der Waals surface area (Å²) in [7, 11) is 0. The van der Waals surface area contributed by atoms with Crippen LogP contribution in [0.15, 0.2) is 22.8 Å². The van der Waals surface area contributed by atoms with Crippen molar-refractivity contribution >= 4 is 27.8 Å². The van der Waals surface area contributed by atoms with Crippen molar-refractivity contribution in [2.45, 2.75) is 38.8 Å². The van der Waals surface area contributed by atoms with Gasteiger partial charge in [-0.3, -0.25) is 4.79 Å². The predicted molar refractivity (Wildman–Crippen MR) is 77.2 cm³/mol. The molecule has 0 N–H and O–H groups in total. The highest BCUT2D eigenvalue weighted by Crippen LogP contribution is 2.30. The predicted octanol–water partition coefficient (Wildman–Crippen LogP) is 2.40. The Kier molecular flexibility index (Phi) is 4.75. The Labute approximate surface area is 126 Å². The number of nitrogens with zero attached hydrogens (tertiary/aromatic N) is 2. The van der Waals surface area contributed by atoms with Gasteiger partial charge in [-0.05, 0) is 54.8 Å². The van der Waals surface area contributed by atoms with Gasteiger partial charge in [-0.15, -0.1) is 0 Å². The van der Waals surface area contributed by atoms with E-state index in [0.29, 0.717) is 12.3 Å². The molecule has 1 heterocycles. The summed E-state index contributed by atoms with van der Waals surface area (Å²) in [6.07, 6.45) is 3.42. The van der Waals surface area contributed by atoms with Crippen LogP contribution < -0.4 is 0 Å². The van der Waals surface area contributed by atoms with E-state index in [2.05, 4.69) is 20.9 Å². The summed E-state index contributed by atoms with van der Waals surface area (Å²) in [6, 6.07) is 2.95. The minimum absolute atomic E-state index is 0.118. The molecule has 6 heteroatoms. The lowest BCUT2D eigenvalue weighted by atomic mass is 10.2. The van der Waals surface area contributed by atoms with E-state index in [0.717, 1.165) is 17.3 Å². The van der Waals surface area contributed by atoms with Crippen LogP contribution in [0.25, 0.3) is 0 Å². The summed E-state index contributed by atoms with van der Waals surface area (Å²) in [5.41, 5.74) is 0.344. The standard InChI is InChI=1S/C14H17BrN2O3/c1-3-20-14(19)9(2)17(11-5-6-11)13(18)12-7-4-10(15)8-16-12/h4,7-9,11H,3,5-6H2,1-2H3/t9-/m0/s1. The summed E-state index contributed by atoms with van der Waals surface area (Å²) in [6.45, 7) is 3.77. The summed E-state index contributed by atoms with van der Waals surface area (Å²) in [5.74, 6) is -0.592. The zero-order chi connectivity index (χ0) is 14.7. The molecular formula is C14H17BrN2O3. The lowest BCUT2D eigenvalue weighted by molar-refractivity contribution is -0.148. The largest absolute Gasteiger partial charge is 0.464 e. The second-order valence-electron chi connectivity index (χ2n) is 4.73. The minimum atomic E-state index is -0.583. The third-order valence-electron chi connectivity index (χ3n) is 3.17. The van der Waals surface area contributed by atoms with Gasteiger partial charge >= 0.3 is 5.97 Å². The van der Waals surface area contributed by atoms with Crippen LogP contribution in [0.2, 0.25) is 0 Å². The van der Waals surface area contributed by atoms with Crippen molar-refractivity contribution in [3.05, 3.63) is 28.5 Å². The first-order valence-electron chi connectivity index (χ1n) is 6.65. The van der Waals surface area contributed by atoms with Crippen LogP contribution in [-0.2, 0) is 9.53 Å². The van der Waals surface area contributed by atoms with E-state index in [9.17, 15) is 9.59 Å². The van der Waals surface area contributed by atoms with Crippen LogP contribution in [0.4, 0.5) is 0 Å². The second-order valence-corrected chi connectivity index (χ2v) is 5.65. The molecule has 1 atom stereocenters. The number of amides is 1. The molecule has 1 aromatic heterocycles. The molecule has 1 fully saturated rings. The molecule has 1 saturated carbocycles. The molecule has 0 bridgehead atoms. The SMILES string of the molecule is CCOC(=O)[C@H](C)N(C(=O)c1ccc(Br)cn1)C1CC1. The van der Waals surface area contributed by atoms with Gasteiger partial charge in [0.15, 0.2) is 0 Å². The fourth-order valence-electron chi connectivity index (χ4n) is 2.02. The van der Waals surface area contributed by atoms with E-state index in [1.807, 2.05) is 0 Å². The number of rotatable bonds is 5. The number of hydrogen-bond acceptors (Lipinski definition) is 4. The van der Waals surface area contributed by atoms with Crippen LogP contribution in [0.3, 0.4) is 0 Å². The van der Waals surface area contributed by atoms with Gasteiger partial charge in [0.05, 0.1) is 6.61 Å². The smallest absolute Gasteiger partial charge is 0.328 e. The van der Waals surface area contributed by atoms with Gasteiger partial charge in [-0.25, -0.2) is 9.78 Å². The van der Waals surface area contributed by atoms with Gasteiger partial charge < -0.3 is 9.64 Å². The first-order chi connectivity index (χ1) is 9.54. The molecule has 0 saturated heterocycles. The molecule has 1 aromatic rings. The van der Waals surface area contributed by atoms with E-state index in [1.54, 1.807) is 37.1 Å². The fraction of sp³-hybridized carbons (Fsp3) is 0.500. The average molecular weight is 341 g/mol. The lowest BCUT2D eigenvalue weighted by Crippen LogP contribution is -2.45. The zero-order valence-corrected chi connectivity index (χ0v) is 13.1. The van der Waals surface area contributed by atoms with Crippen LogP contribution >= 0.6 is 15.9 Å². The molecule has 1 amide bonds. The zero-order valence-electron chi connectivity index (χ0n) is 11.5. The third kappa shape index (κ3) is 3.36. The van der Waals surface area contributed by atoms with Gasteiger partial charge in [0.25, 0.3) is 5.91 Å². The molecule has 5 nitrogen and oxygen atoms in total. The van der Waals surface area contributed by atoms with Gasteiger partial charge in [0.1, 0.15) is 11.7 Å². The van der Waals surface area contributed by atoms with Crippen molar-refractivity contribution < 1.29 is 14.3 Å². The highest BCUT2D eigenvalue weighted by atomic mass is 79.9. The van der Waals surface area contributed by atoms with Crippen LogP contribution in [0, 0.1) is 0 Å². The maximum atomic E-state index is 12.5. The Morgan fingerprint density at radius 2 is 2.20 bits per heavy atom. The fourth-order valence-corrected chi connectivity index (χ4v) is 2.26. The Morgan fingerprint density at radius 3 is 2.70 bits per heavy atom. The molecule has 20 heavy (non-hydrogen) atoms. The average Bonchev–Trinajstić information content (AvgIpc) is 3.24. The number of halogens is 1. The Hall–Kier alpha value is -1.43. The normalized spacial score (nSPS) is 15.6. The maximum absolute atomic E-state index is 12.5. The Balaban J connectivity index is 2.18. The summed E-state index contributed by atoms with van der Waals surface area (Å²) in [4.78, 5) is 30.1. The van der Waals surface area contributed by atoms with Crippen LogP contribution in [-0.4, -0.2) is 40.5 Å². The van der Waals surface area contributed by atoms with Gasteiger partial charge in [-0.2, -0.15) is 0 Å². The lowest BCUT2D eigenvalue weighted by Gasteiger charge is -2.27. The van der Waals surface area contributed by atoms with Crippen molar-refractivity contribution in [2.24, 2.45) is 0 Å². The summed E-state index contributed by atoms with van der Waals surface area (Å²) >= 11 is 3.28. The van der Waals surface area contributed by atoms with Crippen molar-refractivity contribution in [3.8, 4) is 0 Å². The molecule has 1 aliphatic rings. The van der Waals surface area contributed by atoms with Crippen molar-refractivity contribution in [3.63, 3.8) is 0 Å². The first-order valence-corrected chi connectivity index (χ1v) is 7.44. The molecule has 0 unspecified atom stereocenters. The Bertz CT molecular complexity index is 500. The topological polar surface area (TPSA) is 59.5 Å². The Morgan fingerprint density at radius 1 is 1.50 bits per heavy atom. The van der Waals surface area contributed by atoms with Crippen molar-refractivity contribution in [1.82, 2.24) is 9.88 Å². The highest BCUT2D eigenvalue weighted by Gasteiger charge is 2.39. The number of ether oxygens (including phenoxy) is 1. The van der Waals surface area contributed by atoms with E-state index in [1.165, 1.54) is 0 Å². The van der Waals surface area contributed by atoms with Crippen LogP contribution in [0.5, 0.6) is 0 Å². The van der Waals surface area contributed by atoms with Crippen molar-refractivity contribution in [2.75, 3.05) is 6.61 Å². The van der Waals surface area contributed by atoms with Gasteiger partial charge in [-0.1, -0.05) is 0 Å². The number of pyridine rings is 1. The molecular weight excluding hydrogens is 324 g/mol. The molecule has 0 spiro atoms. The molecule has 1 aliphatic carbocycles. The van der Waals surface area contributed by atoms with Crippen molar-refractivity contribution in [1.29, 1.82) is 0 Å². The van der Waals surface area contributed by atoms with Gasteiger partial charge in [0.2, 0.25) is 0 Å². The number of hydrogen-bond donors (Lipinski definition) is 0. The molecule has 0 radical (unpaired) electrons. The molecule has 0 aromatic carbocycles. The first kappa shape index (κ1) is 15.0. The number of carbonyl (C=O) groups is 2.